The summed E-state index contributed by atoms with van der Waals surface area (Å²) in [6, 6.07) is 14.9. The third-order valence-corrected chi connectivity index (χ3v) is 7.20. The summed E-state index contributed by atoms with van der Waals surface area (Å²) in [4.78, 5) is 23.9. The Morgan fingerprint density at radius 2 is 1.57 bits per heavy atom. The molecule has 2 atom stereocenters. The maximum Gasteiger partial charge on any atom is 0.343 e. The van der Waals surface area contributed by atoms with E-state index < -0.39 is 11.9 Å². The molecule has 0 radical (unpaired) electrons. The van der Waals surface area contributed by atoms with Gasteiger partial charge in [-0.3, -0.25) is 0 Å². The molecule has 0 N–H and O–H groups in total. The van der Waals surface area contributed by atoms with Crippen molar-refractivity contribution < 1.29 is 23.8 Å². The van der Waals surface area contributed by atoms with Gasteiger partial charge in [-0.2, -0.15) is 0 Å². The summed E-state index contributed by atoms with van der Waals surface area (Å²) in [6.45, 7) is 9.38. The fourth-order valence-electron chi connectivity index (χ4n) is 5.15. The number of hydrogen-bond acceptors (Lipinski definition) is 5. The molecule has 0 spiro atoms. The maximum absolute atomic E-state index is 12.6. The zero-order chi connectivity index (χ0) is 26.6. The maximum atomic E-state index is 12.6. The number of carbonyl (C=O) groups is 2. The number of rotatable bonds is 13. The standard InChI is InChI=1S/C32H42O5/c1-5-7-8-9-25-10-12-26(13-11-25)27-14-18-30(19-15-27)37-32(34)28-16-20-29(21-17-28)35-23(3)22-24(4)36-31(33)6-2/h6,14-21,23-26H,2,5,7-13,22H2,1,3-4H3/t23-,24+,25?,26?/m1/s1. The molecule has 2 aromatic carbocycles. The smallest absolute Gasteiger partial charge is 0.343 e. The number of benzene rings is 2. The van der Waals surface area contributed by atoms with Crippen molar-refractivity contribution in [1.82, 2.24) is 0 Å². The molecule has 3 rings (SSSR count). The van der Waals surface area contributed by atoms with E-state index in [0.717, 1.165) is 12.0 Å². The first-order valence-electron chi connectivity index (χ1n) is 13.8. The van der Waals surface area contributed by atoms with Crippen molar-refractivity contribution in [3.8, 4) is 11.5 Å². The largest absolute Gasteiger partial charge is 0.491 e. The van der Waals surface area contributed by atoms with Crippen molar-refractivity contribution >= 4 is 11.9 Å². The first-order valence-corrected chi connectivity index (χ1v) is 13.8. The summed E-state index contributed by atoms with van der Waals surface area (Å²) in [5.74, 6) is 1.85. The third kappa shape index (κ3) is 9.38. The molecule has 0 bridgehead atoms. The van der Waals surface area contributed by atoms with Crippen LogP contribution in [0.5, 0.6) is 11.5 Å². The minimum atomic E-state index is -0.447. The van der Waals surface area contributed by atoms with Gasteiger partial charge in [0.1, 0.15) is 17.6 Å². The SMILES string of the molecule is C=CC(=O)O[C@@H](C)C[C@@H](C)Oc1ccc(C(=O)Oc2ccc(C3CCC(CCCCC)CC3)cc2)cc1. The Bertz CT molecular complexity index is 987. The molecule has 1 saturated carbocycles. The molecular weight excluding hydrogens is 464 g/mol. The van der Waals surface area contributed by atoms with Gasteiger partial charge >= 0.3 is 11.9 Å². The molecule has 0 heterocycles. The summed E-state index contributed by atoms with van der Waals surface area (Å²) in [7, 11) is 0. The van der Waals surface area contributed by atoms with Gasteiger partial charge < -0.3 is 14.2 Å². The zero-order valence-corrected chi connectivity index (χ0v) is 22.6. The van der Waals surface area contributed by atoms with Gasteiger partial charge in [0.25, 0.3) is 0 Å². The monoisotopic (exact) mass is 506 g/mol. The van der Waals surface area contributed by atoms with Gasteiger partial charge in [-0.05, 0) is 93.3 Å². The van der Waals surface area contributed by atoms with Crippen LogP contribution in [0.2, 0.25) is 0 Å². The van der Waals surface area contributed by atoms with Crippen LogP contribution < -0.4 is 9.47 Å². The summed E-state index contributed by atoms with van der Waals surface area (Å²) in [5.41, 5.74) is 1.80. The minimum absolute atomic E-state index is 0.167. The van der Waals surface area contributed by atoms with Gasteiger partial charge in [-0.1, -0.05) is 51.3 Å². The van der Waals surface area contributed by atoms with Gasteiger partial charge in [0.2, 0.25) is 0 Å². The number of unbranched alkanes of at least 4 members (excludes halogenated alkanes) is 2. The molecule has 200 valence electrons. The molecule has 0 saturated heterocycles. The first-order chi connectivity index (χ1) is 17.9. The molecule has 2 aromatic rings. The van der Waals surface area contributed by atoms with Gasteiger partial charge in [0.15, 0.2) is 0 Å². The van der Waals surface area contributed by atoms with Crippen LogP contribution in [0.3, 0.4) is 0 Å². The van der Waals surface area contributed by atoms with Gasteiger partial charge in [-0.25, -0.2) is 9.59 Å². The average Bonchev–Trinajstić information content (AvgIpc) is 2.90. The lowest BCUT2D eigenvalue weighted by Crippen LogP contribution is -2.22. The molecule has 0 unspecified atom stereocenters. The number of hydrogen-bond donors (Lipinski definition) is 0. The van der Waals surface area contributed by atoms with Gasteiger partial charge in [-0.15, -0.1) is 0 Å². The van der Waals surface area contributed by atoms with Crippen LogP contribution in [0, 0.1) is 5.92 Å². The Labute approximate surface area is 222 Å². The molecule has 5 heteroatoms. The van der Waals surface area contributed by atoms with Crippen molar-refractivity contribution in [2.45, 2.75) is 96.7 Å². The van der Waals surface area contributed by atoms with Crippen LogP contribution in [-0.4, -0.2) is 24.1 Å². The van der Waals surface area contributed by atoms with Crippen LogP contribution in [0.15, 0.2) is 61.2 Å². The lowest BCUT2D eigenvalue weighted by atomic mass is 9.77. The molecule has 1 aliphatic carbocycles. The van der Waals surface area contributed by atoms with E-state index in [1.165, 1.54) is 56.9 Å². The van der Waals surface area contributed by atoms with E-state index in [1.54, 1.807) is 24.3 Å². The van der Waals surface area contributed by atoms with Crippen LogP contribution in [-0.2, 0) is 9.53 Å². The molecular formula is C32H42O5. The van der Waals surface area contributed by atoms with Gasteiger partial charge in [0.05, 0.1) is 11.7 Å². The van der Waals surface area contributed by atoms with Crippen LogP contribution in [0.1, 0.15) is 100 Å². The van der Waals surface area contributed by atoms with Crippen LogP contribution in [0.25, 0.3) is 0 Å². The van der Waals surface area contributed by atoms with E-state index >= 15 is 0 Å². The first kappa shape index (κ1) is 28.5. The van der Waals surface area contributed by atoms with Crippen molar-refractivity contribution in [3.63, 3.8) is 0 Å². The summed E-state index contributed by atoms with van der Waals surface area (Å²) in [5, 5.41) is 0. The summed E-state index contributed by atoms with van der Waals surface area (Å²) >= 11 is 0. The average molecular weight is 507 g/mol. The Morgan fingerprint density at radius 1 is 0.919 bits per heavy atom. The highest BCUT2D eigenvalue weighted by molar-refractivity contribution is 5.91. The Hall–Kier alpha value is -3.08. The number of ether oxygens (including phenoxy) is 3. The van der Waals surface area contributed by atoms with Crippen molar-refractivity contribution in [3.05, 3.63) is 72.3 Å². The fraction of sp³-hybridized carbons (Fsp3) is 0.500. The quantitative estimate of drug-likeness (QED) is 0.119. The second-order valence-corrected chi connectivity index (χ2v) is 10.3. The second kappa shape index (κ2) is 14.6. The van der Waals surface area contributed by atoms with Crippen LogP contribution in [0.4, 0.5) is 0 Å². The van der Waals surface area contributed by atoms with Crippen molar-refractivity contribution in [2.75, 3.05) is 0 Å². The Kier molecular flexibility index (Phi) is 11.2. The van der Waals surface area contributed by atoms with E-state index in [2.05, 4.69) is 25.6 Å². The number of carbonyl (C=O) groups excluding carboxylic acids is 2. The van der Waals surface area contributed by atoms with Gasteiger partial charge in [0, 0.05) is 12.5 Å². The highest BCUT2D eigenvalue weighted by Gasteiger charge is 2.22. The van der Waals surface area contributed by atoms with E-state index in [9.17, 15) is 9.59 Å². The third-order valence-electron chi connectivity index (χ3n) is 7.20. The van der Waals surface area contributed by atoms with Crippen LogP contribution >= 0.6 is 0 Å². The Balaban J connectivity index is 1.45. The lowest BCUT2D eigenvalue weighted by Gasteiger charge is -2.29. The molecule has 37 heavy (non-hydrogen) atoms. The lowest BCUT2D eigenvalue weighted by molar-refractivity contribution is -0.143. The molecule has 0 amide bonds. The molecule has 0 aromatic heterocycles. The fourth-order valence-corrected chi connectivity index (χ4v) is 5.15. The minimum Gasteiger partial charge on any atom is -0.491 e. The number of esters is 2. The highest BCUT2D eigenvalue weighted by atomic mass is 16.5. The normalized spacial score (nSPS) is 18.9. The molecule has 1 aliphatic rings. The molecule has 0 aliphatic heterocycles. The predicted octanol–water partition coefficient (Wildman–Crippen LogP) is 8.04. The van der Waals surface area contributed by atoms with E-state index in [4.69, 9.17) is 14.2 Å². The van der Waals surface area contributed by atoms with Crippen molar-refractivity contribution in [1.29, 1.82) is 0 Å². The van der Waals surface area contributed by atoms with E-state index in [1.807, 2.05) is 26.0 Å². The second-order valence-electron chi connectivity index (χ2n) is 10.3. The van der Waals surface area contributed by atoms with E-state index in [-0.39, 0.29) is 12.2 Å². The van der Waals surface area contributed by atoms with Crippen molar-refractivity contribution in [2.24, 2.45) is 5.92 Å². The van der Waals surface area contributed by atoms with E-state index in [0.29, 0.717) is 29.4 Å². The highest BCUT2D eigenvalue weighted by Crippen LogP contribution is 2.38. The predicted molar refractivity (Wildman–Crippen MR) is 147 cm³/mol. The summed E-state index contributed by atoms with van der Waals surface area (Å²) < 4.78 is 16.7. The molecule has 1 fully saturated rings. The zero-order valence-electron chi connectivity index (χ0n) is 22.6. The molecule has 5 nitrogen and oxygen atoms in total. The Morgan fingerprint density at radius 3 is 2.19 bits per heavy atom. The summed E-state index contributed by atoms with van der Waals surface area (Å²) in [6.07, 6.45) is 11.8. The topological polar surface area (TPSA) is 61.8 Å².